The first kappa shape index (κ1) is 9.07. The van der Waals surface area contributed by atoms with Crippen molar-refractivity contribution in [3.05, 3.63) is 12.3 Å². The molecule has 0 radical (unpaired) electrons. The molecule has 1 aliphatic heterocycles. The summed E-state index contributed by atoms with van der Waals surface area (Å²) in [6.45, 7) is 5.96. The molecule has 1 heterocycles. The summed E-state index contributed by atoms with van der Waals surface area (Å²) in [4.78, 5) is 0. The largest absolute Gasteiger partial charge is 0.511 e. The van der Waals surface area contributed by atoms with Crippen LogP contribution < -0.4 is 5.32 Å². The van der Waals surface area contributed by atoms with Gasteiger partial charge < -0.3 is 10.4 Å². The molecule has 0 aromatic heterocycles. The Morgan fingerprint density at radius 1 is 1.54 bits per heavy atom. The van der Waals surface area contributed by atoms with Crippen LogP contribution in [0.25, 0.3) is 0 Å². The Morgan fingerprint density at radius 3 is 2.92 bits per heavy atom. The molecular formula is C11H19NO. The highest BCUT2D eigenvalue weighted by Crippen LogP contribution is 2.45. The average Bonchev–Trinajstić information content (AvgIpc) is 2.41. The van der Waals surface area contributed by atoms with Crippen LogP contribution in [0, 0.1) is 5.41 Å². The third-order valence-electron chi connectivity index (χ3n) is 3.81. The molecule has 1 saturated heterocycles. The summed E-state index contributed by atoms with van der Waals surface area (Å²) in [7, 11) is 0. The van der Waals surface area contributed by atoms with Gasteiger partial charge in [-0.3, -0.25) is 0 Å². The minimum Gasteiger partial charge on any atom is -0.511 e. The van der Waals surface area contributed by atoms with Gasteiger partial charge in [0.2, 0.25) is 0 Å². The third kappa shape index (κ3) is 1.48. The molecule has 0 amide bonds. The Hall–Kier alpha value is -0.500. The maximum absolute atomic E-state index is 9.36. The third-order valence-corrected chi connectivity index (χ3v) is 3.81. The van der Waals surface area contributed by atoms with Crippen LogP contribution >= 0.6 is 0 Å². The quantitative estimate of drug-likeness (QED) is 0.609. The van der Waals surface area contributed by atoms with E-state index >= 15 is 0 Å². The van der Waals surface area contributed by atoms with E-state index in [9.17, 15) is 5.11 Å². The van der Waals surface area contributed by atoms with Crippen molar-refractivity contribution in [2.45, 2.75) is 51.1 Å². The molecule has 0 aromatic carbocycles. The number of nitrogens with one attached hydrogen (secondary N) is 1. The second kappa shape index (κ2) is 3.02. The predicted octanol–water partition coefficient (Wildman–Crippen LogP) is 2.37. The van der Waals surface area contributed by atoms with Crippen LogP contribution in [0.5, 0.6) is 0 Å². The Labute approximate surface area is 80.0 Å². The van der Waals surface area contributed by atoms with Crippen LogP contribution in [0.15, 0.2) is 12.3 Å². The zero-order valence-electron chi connectivity index (χ0n) is 8.34. The summed E-state index contributed by atoms with van der Waals surface area (Å²) in [5, 5.41) is 12.8. The minimum absolute atomic E-state index is 0.146. The van der Waals surface area contributed by atoms with Crippen molar-refractivity contribution >= 4 is 0 Å². The van der Waals surface area contributed by atoms with Crippen molar-refractivity contribution in [1.82, 2.24) is 5.32 Å². The van der Waals surface area contributed by atoms with Crippen molar-refractivity contribution < 1.29 is 5.11 Å². The van der Waals surface area contributed by atoms with Gasteiger partial charge in [0.1, 0.15) is 5.76 Å². The topological polar surface area (TPSA) is 32.3 Å². The lowest BCUT2D eigenvalue weighted by Crippen LogP contribution is -2.38. The van der Waals surface area contributed by atoms with Gasteiger partial charge in [-0.1, -0.05) is 26.3 Å². The van der Waals surface area contributed by atoms with E-state index in [0.717, 1.165) is 6.42 Å². The van der Waals surface area contributed by atoms with Crippen molar-refractivity contribution in [1.29, 1.82) is 0 Å². The molecule has 1 unspecified atom stereocenters. The number of hydrogen-bond donors (Lipinski definition) is 2. The van der Waals surface area contributed by atoms with Gasteiger partial charge >= 0.3 is 0 Å². The van der Waals surface area contributed by atoms with Gasteiger partial charge in [-0.25, -0.2) is 0 Å². The monoisotopic (exact) mass is 181 g/mol. The lowest BCUT2D eigenvalue weighted by molar-refractivity contribution is 0.197. The molecule has 2 fully saturated rings. The molecule has 1 aliphatic carbocycles. The Kier molecular flexibility index (Phi) is 2.11. The lowest BCUT2D eigenvalue weighted by atomic mass is 9.72. The van der Waals surface area contributed by atoms with E-state index in [1.165, 1.54) is 25.7 Å². The summed E-state index contributed by atoms with van der Waals surface area (Å²) in [5.41, 5.74) is 0.411. The molecule has 0 bridgehead atoms. The standard InChI is InChI=1S/C11H19NO/c1-8(13)9-7-11(2)6-4-3-5-10(11)12-9/h9-10,12-13H,1,3-7H2,2H3/t9-,10?,11+/m0/s1. The molecule has 0 spiro atoms. The zero-order valence-corrected chi connectivity index (χ0v) is 8.34. The predicted molar refractivity (Wildman–Crippen MR) is 53.7 cm³/mol. The molecule has 2 aliphatic rings. The first-order chi connectivity index (χ1) is 6.12. The molecule has 2 heteroatoms. The van der Waals surface area contributed by atoms with Gasteiger partial charge in [0.25, 0.3) is 0 Å². The van der Waals surface area contributed by atoms with E-state index in [1.54, 1.807) is 0 Å². The van der Waals surface area contributed by atoms with Gasteiger partial charge in [-0.2, -0.15) is 0 Å². The van der Waals surface area contributed by atoms with Gasteiger partial charge in [0.05, 0.1) is 6.04 Å². The fourth-order valence-electron chi connectivity index (χ4n) is 2.91. The van der Waals surface area contributed by atoms with Crippen LogP contribution in [-0.4, -0.2) is 17.2 Å². The van der Waals surface area contributed by atoms with Gasteiger partial charge in [-0.05, 0) is 24.7 Å². The maximum Gasteiger partial charge on any atom is 0.102 e. The van der Waals surface area contributed by atoms with E-state index < -0.39 is 0 Å². The number of aliphatic hydroxyl groups excluding tert-OH is 1. The van der Waals surface area contributed by atoms with Gasteiger partial charge in [0, 0.05) is 6.04 Å². The number of hydrogen-bond acceptors (Lipinski definition) is 2. The average molecular weight is 181 g/mol. The number of fused-ring (bicyclic) bond motifs is 1. The van der Waals surface area contributed by atoms with Gasteiger partial charge in [0.15, 0.2) is 0 Å². The van der Waals surface area contributed by atoms with Crippen LogP contribution in [0.1, 0.15) is 39.0 Å². The fourth-order valence-corrected chi connectivity index (χ4v) is 2.91. The highest BCUT2D eigenvalue weighted by Gasteiger charge is 2.45. The van der Waals surface area contributed by atoms with Crippen LogP contribution in [0.2, 0.25) is 0 Å². The van der Waals surface area contributed by atoms with Crippen LogP contribution in [0.4, 0.5) is 0 Å². The highest BCUT2D eigenvalue weighted by molar-refractivity contribution is 5.09. The van der Waals surface area contributed by atoms with E-state index in [4.69, 9.17) is 0 Å². The maximum atomic E-state index is 9.36. The van der Waals surface area contributed by atoms with Crippen molar-refractivity contribution in [2.24, 2.45) is 5.41 Å². The normalized spacial score (nSPS) is 44.4. The van der Waals surface area contributed by atoms with E-state index in [2.05, 4.69) is 18.8 Å². The molecule has 2 rings (SSSR count). The molecule has 3 atom stereocenters. The summed E-state index contributed by atoms with van der Waals surface area (Å²) >= 11 is 0. The fraction of sp³-hybridized carbons (Fsp3) is 0.818. The van der Waals surface area contributed by atoms with E-state index in [0.29, 0.717) is 17.2 Å². The summed E-state index contributed by atoms with van der Waals surface area (Å²) in [5.74, 6) is 0.315. The Balaban J connectivity index is 2.10. The van der Waals surface area contributed by atoms with Crippen molar-refractivity contribution in [3.63, 3.8) is 0 Å². The molecule has 2 N–H and O–H groups in total. The van der Waals surface area contributed by atoms with Crippen LogP contribution in [-0.2, 0) is 0 Å². The Morgan fingerprint density at radius 2 is 2.31 bits per heavy atom. The van der Waals surface area contributed by atoms with Crippen molar-refractivity contribution in [3.8, 4) is 0 Å². The molecular weight excluding hydrogens is 162 g/mol. The first-order valence-corrected chi connectivity index (χ1v) is 5.26. The molecule has 13 heavy (non-hydrogen) atoms. The van der Waals surface area contributed by atoms with E-state index in [-0.39, 0.29) is 6.04 Å². The summed E-state index contributed by atoms with van der Waals surface area (Å²) in [6.07, 6.45) is 6.30. The van der Waals surface area contributed by atoms with Gasteiger partial charge in [-0.15, -0.1) is 0 Å². The number of aliphatic hydroxyl groups is 1. The highest BCUT2D eigenvalue weighted by atomic mass is 16.3. The summed E-state index contributed by atoms with van der Waals surface area (Å²) < 4.78 is 0. The van der Waals surface area contributed by atoms with Crippen molar-refractivity contribution in [2.75, 3.05) is 0 Å². The lowest BCUT2D eigenvalue weighted by Gasteiger charge is -2.35. The number of rotatable bonds is 1. The minimum atomic E-state index is 0.146. The molecule has 74 valence electrons. The van der Waals surface area contributed by atoms with E-state index in [1.807, 2.05) is 0 Å². The molecule has 0 aromatic rings. The van der Waals surface area contributed by atoms with Crippen LogP contribution in [0.3, 0.4) is 0 Å². The molecule has 2 nitrogen and oxygen atoms in total. The SMILES string of the molecule is C=C(O)[C@@H]1C[C@@]2(C)CCCCC2N1. The summed E-state index contributed by atoms with van der Waals surface area (Å²) in [6, 6.07) is 0.753. The molecule has 1 saturated carbocycles. The Bertz CT molecular complexity index is 226. The smallest absolute Gasteiger partial charge is 0.102 e. The second-order valence-electron chi connectivity index (χ2n) is 4.87. The first-order valence-electron chi connectivity index (χ1n) is 5.26. The zero-order chi connectivity index (χ0) is 9.47. The second-order valence-corrected chi connectivity index (χ2v) is 4.87.